The van der Waals surface area contributed by atoms with Crippen molar-refractivity contribution in [2.45, 2.75) is 33.8 Å². The third-order valence-corrected chi connectivity index (χ3v) is 3.30. The standard InChI is InChI=1S/C14H23NO/c1-11-8-6-7-9-13(11)15(5)10-14(3,4)12(2)16/h6-9,12,16H,10H2,1-5H3. The zero-order chi connectivity index (χ0) is 12.3. The molecule has 0 fully saturated rings. The van der Waals surface area contributed by atoms with Crippen LogP contribution in [0.15, 0.2) is 24.3 Å². The lowest BCUT2D eigenvalue weighted by molar-refractivity contribution is 0.0718. The van der Waals surface area contributed by atoms with Crippen molar-refractivity contribution in [3.05, 3.63) is 29.8 Å². The highest BCUT2D eigenvalue weighted by molar-refractivity contribution is 5.52. The first-order valence-corrected chi connectivity index (χ1v) is 5.79. The molecule has 0 heterocycles. The van der Waals surface area contributed by atoms with E-state index in [1.54, 1.807) is 0 Å². The van der Waals surface area contributed by atoms with E-state index in [1.807, 2.05) is 19.1 Å². The average molecular weight is 221 g/mol. The van der Waals surface area contributed by atoms with Crippen molar-refractivity contribution in [1.29, 1.82) is 0 Å². The lowest BCUT2D eigenvalue weighted by Gasteiger charge is -2.34. The van der Waals surface area contributed by atoms with Crippen molar-refractivity contribution in [3.63, 3.8) is 0 Å². The van der Waals surface area contributed by atoms with Crippen molar-refractivity contribution in [3.8, 4) is 0 Å². The summed E-state index contributed by atoms with van der Waals surface area (Å²) in [5, 5.41) is 9.72. The normalized spacial score (nSPS) is 13.6. The van der Waals surface area contributed by atoms with Crippen LogP contribution in [0.2, 0.25) is 0 Å². The van der Waals surface area contributed by atoms with Gasteiger partial charge in [0.1, 0.15) is 0 Å². The molecule has 1 unspecified atom stereocenters. The molecule has 2 heteroatoms. The fraction of sp³-hybridized carbons (Fsp3) is 0.571. The maximum Gasteiger partial charge on any atom is 0.0579 e. The van der Waals surface area contributed by atoms with Gasteiger partial charge in [-0.2, -0.15) is 0 Å². The zero-order valence-corrected chi connectivity index (χ0v) is 11.0. The molecule has 0 aromatic heterocycles. The number of hydrogen-bond acceptors (Lipinski definition) is 2. The quantitative estimate of drug-likeness (QED) is 0.845. The summed E-state index contributed by atoms with van der Waals surface area (Å²) in [7, 11) is 2.08. The monoisotopic (exact) mass is 221 g/mol. The zero-order valence-electron chi connectivity index (χ0n) is 11.0. The maximum atomic E-state index is 9.72. The molecule has 1 N–H and O–H groups in total. The number of aliphatic hydroxyl groups excluding tert-OH is 1. The molecule has 0 aliphatic rings. The SMILES string of the molecule is Cc1ccccc1N(C)CC(C)(C)C(C)O. The summed E-state index contributed by atoms with van der Waals surface area (Å²) in [4.78, 5) is 2.21. The van der Waals surface area contributed by atoms with E-state index in [-0.39, 0.29) is 11.5 Å². The second-order valence-electron chi connectivity index (χ2n) is 5.31. The van der Waals surface area contributed by atoms with Crippen LogP contribution in [-0.4, -0.2) is 24.8 Å². The maximum absolute atomic E-state index is 9.72. The fourth-order valence-corrected chi connectivity index (χ4v) is 1.82. The molecule has 1 aromatic rings. The number of para-hydroxylation sites is 1. The largest absolute Gasteiger partial charge is 0.393 e. The number of anilines is 1. The van der Waals surface area contributed by atoms with Gasteiger partial charge in [0.2, 0.25) is 0 Å². The number of aliphatic hydroxyl groups is 1. The van der Waals surface area contributed by atoms with E-state index in [1.165, 1.54) is 11.3 Å². The summed E-state index contributed by atoms with van der Waals surface area (Å²) in [6.45, 7) is 8.99. The predicted molar refractivity (Wildman–Crippen MR) is 69.9 cm³/mol. The van der Waals surface area contributed by atoms with Crippen molar-refractivity contribution in [2.24, 2.45) is 5.41 Å². The van der Waals surface area contributed by atoms with E-state index in [4.69, 9.17) is 0 Å². The van der Waals surface area contributed by atoms with Gasteiger partial charge in [-0.1, -0.05) is 32.0 Å². The van der Waals surface area contributed by atoms with Gasteiger partial charge in [-0.15, -0.1) is 0 Å². The molecule has 0 saturated heterocycles. The Morgan fingerprint density at radius 2 is 1.88 bits per heavy atom. The first kappa shape index (κ1) is 13.0. The molecule has 0 spiro atoms. The summed E-state index contributed by atoms with van der Waals surface area (Å²) in [6.07, 6.45) is -0.307. The summed E-state index contributed by atoms with van der Waals surface area (Å²) in [5.41, 5.74) is 2.40. The van der Waals surface area contributed by atoms with Crippen LogP contribution in [0, 0.1) is 12.3 Å². The third-order valence-electron chi connectivity index (χ3n) is 3.30. The van der Waals surface area contributed by atoms with E-state index in [9.17, 15) is 5.11 Å². The van der Waals surface area contributed by atoms with Crippen LogP contribution >= 0.6 is 0 Å². The van der Waals surface area contributed by atoms with Crippen LogP contribution in [0.1, 0.15) is 26.3 Å². The topological polar surface area (TPSA) is 23.5 Å². The highest BCUT2D eigenvalue weighted by atomic mass is 16.3. The summed E-state index contributed by atoms with van der Waals surface area (Å²) in [6, 6.07) is 8.33. The summed E-state index contributed by atoms with van der Waals surface area (Å²) >= 11 is 0. The van der Waals surface area contributed by atoms with E-state index in [2.05, 4.69) is 44.9 Å². The van der Waals surface area contributed by atoms with Crippen molar-refractivity contribution in [2.75, 3.05) is 18.5 Å². The fourth-order valence-electron chi connectivity index (χ4n) is 1.82. The molecule has 0 amide bonds. The number of hydrogen-bond donors (Lipinski definition) is 1. The molecule has 0 aliphatic carbocycles. The van der Waals surface area contributed by atoms with Gasteiger partial charge in [0.05, 0.1) is 6.10 Å². The highest BCUT2D eigenvalue weighted by Crippen LogP contribution is 2.26. The smallest absolute Gasteiger partial charge is 0.0579 e. The number of rotatable bonds is 4. The lowest BCUT2D eigenvalue weighted by atomic mass is 9.87. The Morgan fingerprint density at radius 1 is 1.31 bits per heavy atom. The van der Waals surface area contributed by atoms with Crippen LogP contribution in [0.3, 0.4) is 0 Å². The van der Waals surface area contributed by atoms with Gasteiger partial charge >= 0.3 is 0 Å². The number of nitrogens with zero attached hydrogens (tertiary/aromatic N) is 1. The Balaban J connectivity index is 2.81. The molecule has 1 aromatic carbocycles. The number of aryl methyl sites for hydroxylation is 1. The van der Waals surface area contributed by atoms with Crippen molar-refractivity contribution in [1.82, 2.24) is 0 Å². The summed E-state index contributed by atoms with van der Waals surface area (Å²) in [5.74, 6) is 0. The molecular weight excluding hydrogens is 198 g/mol. The van der Waals surface area contributed by atoms with E-state index in [0.29, 0.717) is 0 Å². The van der Waals surface area contributed by atoms with Crippen molar-refractivity contribution < 1.29 is 5.11 Å². The Bertz CT molecular complexity index is 344. The van der Waals surface area contributed by atoms with Crippen LogP contribution in [-0.2, 0) is 0 Å². The first-order valence-electron chi connectivity index (χ1n) is 5.79. The minimum atomic E-state index is -0.307. The number of benzene rings is 1. The Hall–Kier alpha value is -1.02. The van der Waals surface area contributed by atoms with Gasteiger partial charge in [0.25, 0.3) is 0 Å². The van der Waals surface area contributed by atoms with Gasteiger partial charge in [0, 0.05) is 24.7 Å². The van der Waals surface area contributed by atoms with Crippen LogP contribution in [0.4, 0.5) is 5.69 Å². The molecule has 0 aliphatic heterocycles. The second-order valence-corrected chi connectivity index (χ2v) is 5.31. The molecule has 0 saturated carbocycles. The molecule has 0 bridgehead atoms. The van der Waals surface area contributed by atoms with Gasteiger partial charge in [-0.05, 0) is 25.5 Å². The highest BCUT2D eigenvalue weighted by Gasteiger charge is 2.26. The predicted octanol–water partition coefficient (Wildman–Crippen LogP) is 2.84. The summed E-state index contributed by atoms with van der Waals surface area (Å²) < 4.78 is 0. The van der Waals surface area contributed by atoms with Gasteiger partial charge in [0.15, 0.2) is 0 Å². The molecule has 1 rings (SSSR count). The molecule has 16 heavy (non-hydrogen) atoms. The average Bonchev–Trinajstić information content (AvgIpc) is 2.17. The van der Waals surface area contributed by atoms with E-state index < -0.39 is 0 Å². The van der Waals surface area contributed by atoms with Gasteiger partial charge in [-0.3, -0.25) is 0 Å². The van der Waals surface area contributed by atoms with Gasteiger partial charge in [-0.25, -0.2) is 0 Å². The first-order chi connectivity index (χ1) is 7.34. The van der Waals surface area contributed by atoms with Gasteiger partial charge < -0.3 is 10.0 Å². The second kappa shape index (κ2) is 4.88. The van der Waals surface area contributed by atoms with E-state index in [0.717, 1.165) is 6.54 Å². The minimum Gasteiger partial charge on any atom is -0.393 e. The Labute approximate surface area is 98.9 Å². The third kappa shape index (κ3) is 2.99. The lowest BCUT2D eigenvalue weighted by Crippen LogP contribution is -2.38. The van der Waals surface area contributed by atoms with Crippen LogP contribution in [0.25, 0.3) is 0 Å². The molecule has 90 valence electrons. The molecule has 1 atom stereocenters. The van der Waals surface area contributed by atoms with Crippen LogP contribution in [0.5, 0.6) is 0 Å². The Kier molecular flexibility index (Phi) is 3.98. The molecular formula is C14H23NO. The molecule has 2 nitrogen and oxygen atoms in total. The Morgan fingerprint density at radius 3 is 2.38 bits per heavy atom. The van der Waals surface area contributed by atoms with E-state index >= 15 is 0 Å². The minimum absolute atomic E-state index is 0.100. The molecule has 0 radical (unpaired) electrons. The van der Waals surface area contributed by atoms with Crippen LogP contribution < -0.4 is 4.90 Å². The van der Waals surface area contributed by atoms with Crippen molar-refractivity contribution >= 4 is 5.69 Å².